The summed E-state index contributed by atoms with van der Waals surface area (Å²) in [5.74, 6) is 0.176. The maximum Gasteiger partial charge on any atom is 0.234 e. The van der Waals surface area contributed by atoms with Crippen molar-refractivity contribution in [2.45, 2.75) is 51.6 Å². The van der Waals surface area contributed by atoms with E-state index in [1.54, 1.807) is 4.68 Å². The lowest BCUT2D eigenvalue weighted by Gasteiger charge is -2.12. The molecule has 1 aromatic heterocycles. The average molecular weight is 410 g/mol. The van der Waals surface area contributed by atoms with Crippen LogP contribution < -0.4 is 5.32 Å². The van der Waals surface area contributed by atoms with Gasteiger partial charge in [0, 0.05) is 5.69 Å². The molecule has 3 aromatic rings. The molecule has 0 aliphatic rings. The van der Waals surface area contributed by atoms with Gasteiger partial charge in [-0.3, -0.25) is 4.79 Å². The Morgan fingerprint density at radius 1 is 1.14 bits per heavy atom. The van der Waals surface area contributed by atoms with E-state index in [9.17, 15) is 4.79 Å². The number of carbonyl (C=O) groups is 1. The van der Waals surface area contributed by atoms with E-state index in [1.165, 1.54) is 30.2 Å². The molecule has 152 valence electrons. The third-order valence-electron chi connectivity index (χ3n) is 4.78. The highest BCUT2D eigenvalue weighted by Crippen LogP contribution is 2.23. The molecule has 7 heteroatoms. The highest BCUT2D eigenvalue weighted by Gasteiger charge is 2.13. The number of rotatable bonds is 9. The van der Waals surface area contributed by atoms with Crippen molar-refractivity contribution in [2.75, 3.05) is 11.1 Å². The number of carbonyl (C=O) groups excluding carboxylic acids is 1. The predicted molar refractivity (Wildman–Crippen MR) is 118 cm³/mol. The minimum atomic E-state index is -0.0662. The van der Waals surface area contributed by atoms with Gasteiger partial charge in [-0.15, -0.1) is 5.10 Å². The lowest BCUT2D eigenvalue weighted by Crippen LogP contribution is -2.16. The zero-order chi connectivity index (χ0) is 20.6. The second kappa shape index (κ2) is 10.2. The van der Waals surface area contributed by atoms with Crippen LogP contribution in [0.3, 0.4) is 0 Å². The molecular weight excluding hydrogens is 382 g/mol. The number of hydrogen-bond acceptors (Lipinski definition) is 5. The van der Waals surface area contributed by atoms with Crippen molar-refractivity contribution in [3.63, 3.8) is 0 Å². The Labute approximate surface area is 176 Å². The van der Waals surface area contributed by atoms with Crippen LogP contribution in [0.25, 0.3) is 5.69 Å². The first-order valence-corrected chi connectivity index (χ1v) is 11.0. The Bertz CT molecular complexity index is 952. The monoisotopic (exact) mass is 409 g/mol. The van der Waals surface area contributed by atoms with E-state index in [4.69, 9.17) is 0 Å². The summed E-state index contributed by atoms with van der Waals surface area (Å²) in [5.41, 5.74) is 5.31. The fraction of sp³-hybridized carbons (Fsp3) is 0.364. The SMILES string of the molecule is CCCCc1ccc(-n2nnnc2SCC(=O)Nc2c(C)cccc2CC)cc1. The number of hydrogen-bond donors (Lipinski definition) is 1. The molecule has 0 radical (unpaired) electrons. The van der Waals surface area contributed by atoms with Crippen molar-refractivity contribution in [3.8, 4) is 5.69 Å². The smallest absolute Gasteiger partial charge is 0.234 e. The number of anilines is 1. The molecule has 3 rings (SSSR count). The van der Waals surface area contributed by atoms with Gasteiger partial charge in [-0.1, -0.05) is 62.4 Å². The summed E-state index contributed by atoms with van der Waals surface area (Å²) in [4.78, 5) is 12.5. The van der Waals surface area contributed by atoms with Gasteiger partial charge >= 0.3 is 0 Å². The van der Waals surface area contributed by atoms with Crippen LogP contribution >= 0.6 is 11.8 Å². The van der Waals surface area contributed by atoms with Crippen molar-refractivity contribution in [3.05, 3.63) is 59.2 Å². The van der Waals surface area contributed by atoms with Crippen molar-refractivity contribution < 1.29 is 4.79 Å². The first-order chi connectivity index (χ1) is 14.1. The first-order valence-electron chi connectivity index (χ1n) is 10.0. The summed E-state index contributed by atoms with van der Waals surface area (Å²) in [6, 6.07) is 14.3. The number of thioether (sulfide) groups is 1. The van der Waals surface area contributed by atoms with Gasteiger partial charge in [-0.25, -0.2) is 0 Å². The van der Waals surface area contributed by atoms with Crippen LogP contribution in [0.4, 0.5) is 5.69 Å². The number of aryl methyl sites for hydroxylation is 3. The van der Waals surface area contributed by atoms with Crippen LogP contribution in [0.1, 0.15) is 43.4 Å². The van der Waals surface area contributed by atoms with Gasteiger partial charge in [0.2, 0.25) is 11.1 Å². The zero-order valence-electron chi connectivity index (χ0n) is 17.2. The van der Waals surface area contributed by atoms with Crippen LogP contribution in [0.2, 0.25) is 0 Å². The Morgan fingerprint density at radius 3 is 2.66 bits per heavy atom. The minimum Gasteiger partial charge on any atom is -0.325 e. The lowest BCUT2D eigenvalue weighted by atomic mass is 10.1. The standard InChI is InChI=1S/C22H27N5OS/c1-4-6-9-17-11-13-19(14-12-17)27-22(24-25-26-27)29-15-20(28)23-21-16(3)8-7-10-18(21)5-2/h7-8,10-14H,4-6,9,15H2,1-3H3,(H,23,28). The van der Waals surface area contributed by atoms with Gasteiger partial charge in [0.15, 0.2) is 0 Å². The first kappa shape index (κ1) is 21.0. The minimum absolute atomic E-state index is 0.0662. The van der Waals surface area contributed by atoms with E-state index in [0.717, 1.165) is 35.3 Å². The Kier molecular flexibility index (Phi) is 7.41. The number of para-hydroxylation sites is 1. The van der Waals surface area contributed by atoms with Crippen LogP contribution in [0, 0.1) is 6.92 Å². The highest BCUT2D eigenvalue weighted by atomic mass is 32.2. The molecule has 1 heterocycles. The van der Waals surface area contributed by atoms with Crippen molar-refractivity contribution >= 4 is 23.4 Å². The van der Waals surface area contributed by atoms with Gasteiger partial charge in [-0.05, 0) is 65.4 Å². The van der Waals surface area contributed by atoms with Gasteiger partial charge < -0.3 is 5.32 Å². The Morgan fingerprint density at radius 2 is 1.93 bits per heavy atom. The second-order valence-corrected chi connectivity index (χ2v) is 7.89. The number of aromatic nitrogens is 4. The molecule has 0 atom stereocenters. The van der Waals surface area contributed by atoms with Crippen molar-refractivity contribution in [1.29, 1.82) is 0 Å². The van der Waals surface area contributed by atoms with E-state index < -0.39 is 0 Å². The van der Waals surface area contributed by atoms with Crippen molar-refractivity contribution in [1.82, 2.24) is 20.2 Å². The van der Waals surface area contributed by atoms with Crippen LogP contribution in [-0.2, 0) is 17.6 Å². The molecule has 29 heavy (non-hydrogen) atoms. The normalized spacial score (nSPS) is 10.9. The topological polar surface area (TPSA) is 72.7 Å². The molecule has 6 nitrogen and oxygen atoms in total. The molecule has 0 saturated carbocycles. The molecule has 1 amide bonds. The van der Waals surface area contributed by atoms with E-state index in [0.29, 0.717) is 5.16 Å². The van der Waals surface area contributed by atoms with Crippen LogP contribution in [0.5, 0.6) is 0 Å². The quantitative estimate of drug-likeness (QED) is 0.523. The molecular formula is C22H27N5OS. The number of tetrazole rings is 1. The summed E-state index contributed by atoms with van der Waals surface area (Å²) in [5, 5.41) is 15.6. The van der Waals surface area contributed by atoms with Gasteiger partial charge in [-0.2, -0.15) is 4.68 Å². The molecule has 0 spiro atoms. The Hall–Kier alpha value is -2.67. The summed E-state index contributed by atoms with van der Waals surface area (Å²) in [7, 11) is 0. The lowest BCUT2D eigenvalue weighted by molar-refractivity contribution is -0.113. The third kappa shape index (κ3) is 5.44. The number of nitrogens with one attached hydrogen (secondary N) is 1. The van der Waals surface area contributed by atoms with Gasteiger partial charge in [0.25, 0.3) is 0 Å². The number of amides is 1. The average Bonchev–Trinajstić information content (AvgIpc) is 3.21. The number of nitrogens with zero attached hydrogens (tertiary/aromatic N) is 4. The second-order valence-electron chi connectivity index (χ2n) is 6.94. The summed E-state index contributed by atoms with van der Waals surface area (Å²) < 4.78 is 1.67. The highest BCUT2D eigenvalue weighted by molar-refractivity contribution is 7.99. The number of unbranched alkanes of at least 4 members (excludes halogenated alkanes) is 1. The van der Waals surface area contributed by atoms with Gasteiger partial charge in [0.05, 0.1) is 11.4 Å². The predicted octanol–water partition coefficient (Wildman–Crippen LogP) is 4.61. The molecule has 1 N–H and O–H groups in total. The molecule has 0 unspecified atom stereocenters. The van der Waals surface area contributed by atoms with E-state index >= 15 is 0 Å². The largest absolute Gasteiger partial charge is 0.325 e. The van der Waals surface area contributed by atoms with E-state index in [2.05, 4.69) is 46.8 Å². The Balaban J connectivity index is 1.64. The number of benzene rings is 2. The summed E-state index contributed by atoms with van der Waals surface area (Å²) in [6.45, 7) is 6.28. The summed E-state index contributed by atoms with van der Waals surface area (Å²) in [6.07, 6.45) is 4.31. The molecule has 0 fully saturated rings. The van der Waals surface area contributed by atoms with Gasteiger partial charge in [0.1, 0.15) is 0 Å². The fourth-order valence-corrected chi connectivity index (χ4v) is 3.81. The van der Waals surface area contributed by atoms with Crippen LogP contribution in [0.15, 0.2) is 47.6 Å². The van der Waals surface area contributed by atoms with E-state index in [-0.39, 0.29) is 11.7 Å². The molecule has 2 aromatic carbocycles. The van der Waals surface area contributed by atoms with Crippen LogP contribution in [-0.4, -0.2) is 31.9 Å². The summed E-state index contributed by atoms with van der Waals surface area (Å²) >= 11 is 1.33. The fourth-order valence-electron chi connectivity index (χ4n) is 3.12. The molecule has 0 aliphatic carbocycles. The third-order valence-corrected chi connectivity index (χ3v) is 5.70. The molecule has 0 bridgehead atoms. The maximum absolute atomic E-state index is 12.5. The molecule has 0 saturated heterocycles. The molecule has 0 aliphatic heterocycles. The maximum atomic E-state index is 12.5. The van der Waals surface area contributed by atoms with E-state index in [1.807, 2.05) is 37.3 Å². The zero-order valence-corrected chi connectivity index (χ0v) is 18.0. The van der Waals surface area contributed by atoms with Crippen molar-refractivity contribution in [2.24, 2.45) is 0 Å².